The molecule has 1 aliphatic rings. The van der Waals surface area contributed by atoms with Gasteiger partial charge in [-0.25, -0.2) is 9.48 Å². The summed E-state index contributed by atoms with van der Waals surface area (Å²) in [5, 5.41) is 7.21. The third kappa shape index (κ3) is 3.50. The van der Waals surface area contributed by atoms with Crippen LogP contribution in [0.5, 0.6) is 0 Å². The lowest BCUT2D eigenvalue weighted by molar-refractivity contribution is 0.0919. The van der Waals surface area contributed by atoms with Crippen molar-refractivity contribution in [1.29, 1.82) is 0 Å². The Bertz CT molecular complexity index is 690. The lowest BCUT2D eigenvalue weighted by atomic mass is 10.1. The first-order chi connectivity index (χ1) is 11.1. The number of primary amides is 1. The van der Waals surface area contributed by atoms with Gasteiger partial charge < -0.3 is 16.0 Å². The van der Waals surface area contributed by atoms with Crippen LogP contribution in [0.1, 0.15) is 23.2 Å². The van der Waals surface area contributed by atoms with E-state index in [9.17, 15) is 9.59 Å². The van der Waals surface area contributed by atoms with Crippen LogP contribution in [0.3, 0.4) is 0 Å². The molecule has 2 aromatic rings. The van der Waals surface area contributed by atoms with E-state index in [0.29, 0.717) is 31.5 Å². The molecule has 0 atom stereocenters. The number of piperidine rings is 1. The maximum atomic E-state index is 12.3. The van der Waals surface area contributed by atoms with E-state index in [4.69, 9.17) is 5.73 Å². The van der Waals surface area contributed by atoms with Gasteiger partial charge in [0.25, 0.3) is 5.91 Å². The maximum absolute atomic E-state index is 12.3. The van der Waals surface area contributed by atoms with Crippen molar-refractivity contribution < 1.29 is 9.59 Å². The molecule has 2 heterocycles. The summed E-state index contributed by atoms with van der Waals surface area (Å²) in [6.07, 6.45) is 4.69. The molecule has 1 saturated heterocycles. The Kier molecular flexibility index (Phi) is 4.27. The van der Waals surface area contributed by atoms with Crippen LogP contribution in [0.25, 0.3) is 5.69 Å². The molecule has 1 aromatic heterocycles. The van der Waals surface area contributed by atoms with Crippen molar-refractivity contribution in [2.45, 2.75) is 18.9 Å². The van der Waals surface area contributed by atoms with E-state index < -0.39 is 6.03 Å². The number of benzene rings is 1. The summed E-state index contributed by atoms with van der Waals surface area (Å²) in [6, 6.07) is 9.27. The molecule has 0 aliphatic carbocycles. The van der Waals surface area contributed by atoms with Gasteiger partial charge in [0.2, 0.25) is 0 Å². The first-order valence-electron chi connectivity index (χ1n) is 7.59. The highest BCUT2D eigenvalue weighted by Crippen LogP contribution is 2.12. The number of aromatic nitrogens is 2. The largest absolute Gasteiger partial charge is 0.351 e. The molecule has 7 heteroatoms. The van der Waals surface area contributed by atoms with Crippen LogP contribution < -0.4 is 11.1 Å². The number of amides is 3. The lowest BCUT2D eigenvalue weighted by Crippen LogP contribution is -2.48. The molecule has 1 aliphatic heterocycles. The molecule has 23 heavy (non-hydrogen) atoms. The van der Waals surface area contributed by atoms with Crippen molar-refractivity contribution in [1.82, 2.24) is 20.0 Å². The number of nitrogens with one attached hydrogen (secondary N) is 1. The average Bonchev–Trinajstić information content (AvgIpc) is 3.06. The second-order valence-electron chi connectivity index (χ2n) is 5.58. The minimum absolute atomic E-state index is 0.0539. The van der Waals surface area contributed by atoms with Gasteiger partial charge in [-0.05, 0) is 25.0 Å². The van der Waals surface area contributed by atoms with Gasteiger partial charge in [0.05, 0.1) is 17.4 Å². The van der Waals surface area contributed by atoms with E-state index in [1.807, 2.05) is 30.3 Å². The Morgan fingerprint density at radius 3 is 2.52 bits per heavy atom. The van der Waals surface area contributed by atoms with Crippen LogP contribution in [0, 0.1) is 0 Å². The molecular formula is C16H19N5O2. The number of para-hydroxylation sites is 1. The lowest BCUT2D eigenvalue weighted by Gasteiger charge is -2.31. The fourth-order valence-corrected chi connectivity index (χ4v) is 2.67. The van der Waals surface area contributed by atoms with Crippen LogP contribution in [0.2, 0.25) is 0 Å². The second-order valence-corrected chi connectivity index (χ2v) is 5.58. The van der Waals surface area contributed by atoms with Crippen LogP contribution in [-0.2, 0) is 0 Å². The molecule has 0 unspecified atom stereocenters. The van der Waals surface area contributed by atoms with Crippen molar-refractivity contribution in [3.63, 3.8) is 0 Å². The topological polar surface area (TPSA) is 93.2 Å². The van der Waals surface area contributed by atoms with Gasteiger partial charge in [-0.1, -0.05) is 18.2 Å². The fraction of sp³-hybridized carbons (Fsp3) is 0.312. The van der Waals surface area contributed by atoms with Gasteiger partial charge in [0.1, 0.15) is 0 Å². The smallest absolute Gasteiger partial charge is 0.314 e. The van der Waals surface area contributed by atoms with Gasteiger partial charge in [0.15, 0.2) is 0 Å². The molecule has 120 valence electrons. The highest BCUT2D eigenvalue weighted by Gasteiger charge is 2.23. The van der Waals surface area contributed by atoms with Gasteiger partial charge in [0, 0.05) is 25.3 Å². The molecule has 1 aromatic carbocycles. The van der Waals surface area contributed by atoms with E-state index in [2.05, 4.69) is 10.4 Å². The van der Waals surface area contributed by atoms with Gasteiger partial charge in [-0.2, -0.15) is 5.10 Å². The van der Waals surface area contributed by atoms with Crippen LogP contribution in [0.15, 0.2) is 42.7 Å². The molecule has 3 N–H and O–H groups in total. The molecule has 0 spiro atoms. The fourth-order valence-electron chi connectivity index (χ4n) is 2.67. The van der Waals surface area contributed by atoms with E-state index in [1.165, 1.54) is 0 Å². The highest BCUT2D eigenvalue weighted by molar-refractivity contribution is 5.94. The van der Waals surface area contributed by atoms with Crippen molar-refractivity contribution in [3.05, 3.63) is 48.3 Å². The molecule has 0 saturated carbocycles. The predicted octanol–water partition coefficient (Wildman–Crippen LogP) is 1.15. The molecule has 0 bridgehead atoms. The number of nitrogens with two attached hydrogens (primary N) is 1. The number of urea groups is 1. The Morgan fingerprint density at radius 1 is 1.17 bits per heavy atom. The number of hydrogen-bond donors (Lipinski definition) is 2. The summed E-state index contributed by atoms with van der Waals surface area (Å²) in [6.45, 7) is 1.15. The zero-order valence-electron chi connectivity index (χ0n) is 12.7. The summed E-state index contributed by atoms with van der Waals surface area (Å²) in [7, 11) is 0. The number of carbonyl (C=O) groups excluding carboxylic acids is 2. The molecule has 0 radical (unpaired) electrons. The number of likely N-dealkylation sites (tertiary alicyclic amines) is 1. The van der Waals surface area contributed by atoms with E-state index in [0.717, 1.165) is 5.69 Å². The van der Waals surface area contributed by atoms with E-state index in [1.54, 1.807) is 22.0 Å². The normalized spacial score (nSPS) is 15.4. The zero-order chi connectivity index (χ0) is 16.2. The monoisotopic (exact) mass is 313 g/mol. The third-order valence-corrected chi connectivity index (χ3v) is 4.01. The number of hydrogen-bond acceptors (Lipinski definition) is 3. The van der Waals surface area contributed by atoms with E-state index >= 15 is 0 Å². The van der Waals surface area contributed by atoms with Crippen LogP contribution >= 0.6 is 0 Å². The Balaban J connectivity index is 1.59. The minimum Gasteiger partial charge on any atom is -0.351 e. The second kappa shape index (κ2) is 6.51. The van der Waals surface area contributed by atoms with Crippen molar-refractivity contribution in [3.8, 4) is 5.69 Å². The quantitative estimate of drug-likeness (QED) is 0.890. The Labute approximate surface area is 134 Å². The predicted molar refractivity (Wildman–Crippen MR) is 85.2 cm³/mol. The number of nitrogens with zero attached hydrogens (tertiary/aromatic N) is 3. The summed E-state index contributed by atoms with van der Waals surface area (Å²) in [4.78, 5) is 25.0. The maximum Gasteiger partial charge on any atom is 0.314 e. The first kappa shape index (κ1) is 15.1. The van der Waals surface area contributed by atoms with E-state index in [-0.39, 0.29) is 11.9 Å². The van der Waals surface area contributed by atoms with Crippen molar-refractivity contribution >= 4 is 11.9 Å². The zero-order valence-corrected chi connectivity index (χ0v) is 12.7. The number of carbonyl (C=O) groups is 2. The van der Waals surface area contributed by atoms with Gasteiger partial charge in [-0.15, -0.1) is 0 Å². The molecule has 7 nitrogen and oxygen atoms in total. The average molecular weight is 313 g/mol. The first-order valence-corrected chi connectivity index (χ1v) is 7.59. The Morgan fingerprint density at radius 2 is 1.87 bits per heavy atom. The minimum atomic E-state index is -0.404. The van der Waals surface area contributed by atoms with Crippen LogP contribution in [0.4, 0.5) is 4.79 Å². The van der Waals surface area contributed by atoms with Crippen molar-refractivity contribution in [2.75, 3.05) is 13.1 Å². The van der Waals surface area contributed by atoms with Gasteiger partial charge in [-0.3, -0.25) is 4.79 Å². The Hall–Kier alpha value is -2.83. The molecule has 3 amide bonds. The van der Waals surface area contributed by atoms with Crippen LogP contribution in [-0.4, -0.2) is 45.8 Å². The summed E-state index contributed by atoms with van der Waals surface area (Å²) < 4.78 is 1.67. The van der Waals surface area contributed by atoms with Gasteiger partial charge >= 0.3 is 6.03 Å². The summed E-state index contributed by atoms with van der Waals surface area (Å²) >= 11 is 0. The highest BCUT2D eigenvalue weighted by atomic mass is 16.2. The summed E-state index contributed by atoms with van der Waals surface area (Å²) in [5.41, 5.74) is 6.68. The third-order valence-electron chi connectivity index (χ3n) is 4.01. The SMILES string of the molecule is NC(=O)N1CCC(NC(=O)c2cnn(-c3ccccc3)c2)CC1. The summed E-state index contributed by atoms with van der Waals surface area (Å²) in [5.74, 6) is -0.148. The molecular weight excluding hydrogens is 294 g/mol. The standard InChI is InChI=1S/C16H19N5O2/c17-16(23)20-8-6-13(7-9-20)19-15(22)12-10-18-21(11-12)14-4-2-1-3-5-14/h1-5,10-11,13H,6-9H2,(H2,17,23)(H,19,22). The number of rotatable bonds is 3. The molecule has 3 rings (SSSR count). The molecule has 1 fully saturated rings. The van der Waals surface area contributed by atoms with Crippen molar-refractivity contribution in [2.24, 2.45) is 5.73 Å².